The number of hydrogen-bond acceptors (Lipinski definition) is 5. The van der Waals surface area contributed by atoms with Crippen molar-refractivity contribution >= 4 is 23.2 Å². The van der Waals surface area contributed by atoms with Crippen LogP contribution in [0.15, 0.2) is 16.7 Å². The molecule has 2 amide bonds. The molecule has 0 aromatic carbocycles. The Labute approximate surface area is 156 Å². The van der Waals surface area contributed by atoms with Crippen molar-refractivity contribution in [3.8, 4) is 0 Å². The number of aryl methyl sites for hydroxylation is 1. The third-order valence-corrected chi connectivity index (χ3v) is 6.41. The van der Waals surface area contributed by atoms with E-state index in [1.807, 2.05) is 17.0 Å². The lowest BCUT2D eigenvalue weighted by Gasteiger charge is -2.23. The molecule has 1 aliphatic carbocycles. The molecule has 2 aromatic heterocycles. The summed E-state index contributed by atoms with van der Waals surface area (Å²) in [5.74, 6) is 0.848. The van der Waals surface area contributed by atoms with Gasteiger partial charge in [-0.1, -0.05) is 5.16 Å². The van der Waals surface area contributed by atoms with Crippen molar-refractivity contribution in [2.45, 2.75) is 44.6 Å². The highest BCUT2D eigenvalue weighted by Gasteiger charge is 2.35. The Kier molecular flexibility index (Phi) is 4.56. The minimum Gasteiger partial charge on any atom is -0.360 e. The van der Waals surface area contributed by atoms with Gasteiger partial charge in [-0.05, 0) is 44.2 Å². The number of rotatable bonds is 3. The van der Waals surface area contributed by atoms with Gasteiger partial charge >= 0.3 is 0 Å². The van der Waals surface area contributed by atoms with Crippen molar-refractivity contribution in [2.75, 3.05) is 20.6 Å². The summed E-state index contributed by atoms with van der Waals surface area (Å²) in [6.07, 6.45) is 5.81. The third-order valence-electron chi connectivity index (χ3n) is 5.24. The third kappa shape index (κ3) is 2.94. The lowest BCUT2D eigenvalue weighted by Crippen LogP contribution is -2.31. The second-order valence-electron chi connectivity index (χ2n) is 7.20. The van der Waals surface area contributed by atoms with Gasteiger partial charge in [0.1, 0.15) is 5.76 Å². The minimum atomic E-state index is -0.0340. The molecule has 2 aliphatic rings. The Hall–Kier alpha value is -2.15. The number of amides is 2. The topological polar surface area (TPSA) is 66.7 Å². The van der Waals surface area contributed by atoms with Crippen molar-refractivity contribution in [3.63, 3.8) is 0 Å². The second kappa shape index (κ2) is 6.87. The van der Waals surface area contributed by atoms with E-state index in [1.165, 1.54) is 11.3 Å². The molecule has 2 aromatic rings. The van der Waals surface area contributed by atoms with Crippen molar-refractivity contribution in [1.29, 1.82) is 0 Å². The molecule has 1 saturated heterocycles. The van der Waals surface area contributed by atoms with E-state index in [0.29, 0.717) is 10.6 Å². The van der Waals surface area contributed by atoms with Crippen LogP contribution < -0.4 is 0 Å². The van der Waals surface area contributed by atoms with Crippen molar-refractivity contribution in [3.05, 3.63) is 38.9 Å². The molecule has 26 heavy (non-hydrogen) atoms. The van der Waals surface area contributed by atoms with Crippen molar-refractivity contribution in [2.24, 2.45) is 0 Å². The molecular weight excluding hydrogens is 350 g/mol. The van der Waals surface area contributed by atoms with Gasteiger partial charge in [0.05, 0.1) is 10.9 Å². The van der Waals surface area contributed by atoms with E-state index in [-0.39, 0.29) is 17.9 Å². The van der Waals surface area contributed by atoms with Gasteiger partial charge in [-0.15, -0.1) is 11.3 Å². The summed E-state index contributed by atoms with van der Waals surface area (Å²) in [7, 11) is 3.50. The monoisotopic (exact) mass is 373 g/mol. The fourth-order valence-electron chi connectivity index (χ4n) is 3.86. The maximum absolute atomic E-state index is 13.1. The Bertz CT molecular complexity index is 839. The molecule has 4 rings (SSSR count). The SMILES string of the molecule is CN(C)C(=O)c1ccc([C@@H]2CCCN2C(=O)c2noc3c2CCCC3)s1. The maximum atomic E-state index is 13.1. The minimum absolute atomic E-state index is 0.00249. The van der Waals surface area contributed by atoms with Gasteiger partial charge in [0.25, 0.3) is 11.8 Å². The molecule has 1 atom stereocenters. The summed E-state index contributed by atoms with van der Waals surface area (Å²) < 4.78 is 5.43. The van der Waals surface area contributed by atoms with Crippen LogP contribution in [-0.4, -0.2) is 47.4 Å². The lowest BCUT2D eigenvalue weighted by atomic mass is 9.96. The fourth-order valence-corrected chi connectivity index (χ4v) is 5.04. The summed E-state index contributed by atoms with van der Waals surface area (Å²) in [6.45, 7) is 0.722. The van der Waals surface area contributed by atoms with Crippen LogP contribution in [0.1, 0.15) is 68.1 Å². The van der Waals surface area contributed by atoms with E-state index >= 15 is 0 Å². The number of thiophene rings is 1. The highest BCUT2D eigenvalue weighted by atomic mass is 32.1. The number of nitrogens with zero attached hydrogens (tertiary/aromatic N) is 3. The molecule has 1 aliphatic heterocycles. The van der Waals surface area contributed by atoms with Crippen LogP contribution in [0.25, 0.3) is 0 Å². The van der Waals surface area contributed by atoms with E-state index in [0.717, 1.165) is 61.3 Å². The molecule has 6 nitrogen and oxygen atoms in total. The zero-order valence-corrected chi connectivity index (χ0v) is 16.0. The van der Waals surface area contributed by atoms with Gasteiger partial charge in [-0.3, -0.25) is 9.59 Å². The van der Waals surface area contributed by atoms with Gasteiger partial charge in [0.2, 0.25) is 0 Å². The summed E-state index contributed by atoms with van der Waals surface area (Å²) in [6, 6.07) is 3.86. The van der Waals surface area contributed by atoms with E-state index in [4.69, 9.17) is 4.52 Å². The van der Waals surface area contributed by atoms with Crippen molar-refractivity contribution in [1.82, 2.24) is 15.0 Å². The lowest BCUT2D eigenvalue weighted by molar-refractivity contribution is 0.0726. The van der Waals surface area contributed by atoms with Crippen molar-refractivity contribution < 1.29 is 14.1 Å². The molecule has 0 radical (unpaired) electrons. The Morgan fingerprint density at radius 3 is 2.85 bits per heavy atom. The van der Waals surface area contributed by atoms with E-state index in [2.05, 4.69) is 5.16 Å². The van der Waals surface area contributed by atoms with Crippen LogP contribution in [0.4, 0.5) is 0 Å². The molecule has 0 unspecified atom stereocenters. The summed E-state index contributed by atoms with van der Waals surface area (Å²) in [5.41, 5.74) is 1.49. The molecule has 1 fully saturated rings. The second-order valence-corrected chi connectivity index (χ2v) is 8.31. The Balaban J connectivity index is 1.58. The number of fused-ring (bicyclic) bond motifs is 1. The summed E-state index contributed by atoms with van der Waals surface area (Å²) in [4.78, 5) is 30.6. The van der Waals surface area contributed by atoms with Crippen LogP contribution in [0.2, 0.25) is 0 Å². The van der Waals surface area contributed by atoms with Crippen LogP contribution in [-0.2, 0) is 12.8 Å². The molecule has 0 N–H and O–H groups in total. The first kappa shape index (κ1) is 17.3. The van der Waals surface area contributed by atoms with Crippen LogP contribution in [0, 0.1) is 0 Å². The first-order valence-electron chi connectivity index (χ1n) is 9.16. The van der Waals surface area contributed by atoms with Gasteiger partial charge < -0.3 is 14.3 Å². The maximum Gasteiger partial charge on any atom is 0.276 e. The number of carbonyl (C=O) groups excluding carboxylic acids is 2. The zero-order chi connectivity index (χ0) is 18.3. The Morgan fingerprint density at radius 1 is 1.23 bits per heavy atom. The molecule has 3 heterocycles. The molecule has 7 heteroatoms. The van der Waals surface area contributed by atoms with Crippen LogP contribution >= 0.6 is 11.3 Å². The van der Waals surface area contributed by atoms with Crippen LogP contribution in [0.5, 0.6) is 0 Å². The Morgan fingerprint density at radius 2 is 2.04 bits per heavy atom. The van der Waals surface area contributed by atoms with Gasteiger partial charge in [-0.2, -0.15) is 0 Å². The number of aromatic nitrogens is 1. The molecule has 0 saturated carbocycles. The van der Waals surface area contributed by atoms with Gasteiger partial charge in [0, 0.05) is 37.5 Å². The number of hydrogen-bond donors (Lipinski definition) is 0. The van der Waals surface area contributed by atoms with E-state index in [9.17, 15) is 9.59 Å². The summed E-state index contributed by atoms with van der Waals surface area (Å²) >= 11 is 1.48. The normalized spacial score (nSPS) is 19.5. The average Bonchev–Trinajstić information content (AvgIpc) is 3.38. The zero-order valence-electron chi connectivity index (χ0n) is 15.2. The first-order valence-corrected chi connectivity index (χ1v) is 9.97. The van der Waals surface area contributed by atoms with E-state index < -0.39 is 0 Å². The molecule has 0 spiro atoms. The molecule has 138 valence electrons. The largest absolute Gasteiger partial charge is 0.360 e. The fraction of sp³-hybridized carbons (Fsp3) is 0.526. The quantitative estimate of drug-likeness (QED) is 0.828. The predicted molar refractivity (Wildman–Crippen MR) is 98.5 cm³/mol. The predicted octanol–water partition coefficient (Wildman–Crippen LogP) is 3.29. The number of carbonyl (C=O) groups is 2. The van der Waals surface area contributed by atoms with Gasteiger partial charge in [0.15, 0.2) is 5.69 Å². The molecule has 0 bridgehead atoms. The van der Waals surface area contributed by atoms with Gasteiger partial charge in [-0.25, -0.2) is 0 Å². The molecular formula is C19H23N3O3S. The van der Waals surface area contributed by atoms with Crippen LogP contribution in [0.3, 0.4) is 0 Å². The first-order chi connectivity index (χ1) is 12.6. The summed E-state index contributed by atoms with van der Waals surface area (Å²) in [5, 5.41) is 4.10. The average molecular weight is 373 g/mol. The van der Waals surface area contributed by atoms with E-state index in [1.54, 1.807) is 19.0 Å². The highest BCUT2D eigenvalue weighted by Crippen LogP contribution is 2.38. The number of likely N-dealkylation sites (tertiary alicyclic amines) is 1. The standard InChI is InChI=1S/C19H23N3O3S/c1-21(2)18(23)16-10-9-15(26-16)13-7-5-11-22(13)19(24)17-12-6-3-4-8-14(12)25-20-17/h9-10,13H,3-8,11H2,1-2H3/t13-/m0/s1. The highest BCUT2D eigenvalue weighted by molar-refractivity contribution is 7.14. The smallest absolute Gasteiger partial charge is 0.276 e.